The van der Waals surface area contributed by atoms with Crippen molar-refractivity contribution in [1.82, 2.24) is 0 Å². The van der Waals surface area contributed by atoms with Gasteiger partial charge in [0.25, 0.3) is 0 Å². The number of aromatic nitrogens is 1. The molecule has 2 aromatic rings. The van der Waals surface area contributed by atoms with E-state index in [0.717, 1.165) is 9.26 Å². The quantitative estimate of drug-likeness (QED) is 0.563. The van der Waals surface area contributed by atoms with E-state index in [2.05, 4.69) is 22.6 Å². The van der Waals surface area contributed by atoms with Crippen LogP contribution in [-0.2, 0) is 0 Å². The average Bonchev–Trinajstić information content (AvgIpc) is 2.18. The summed E-state index contributed by atoms with van der Waals surface area (Å²) >= 11 is 2.23. The SMILES string of the molecule is Fc1ccc[n+](-c2cccc(I)c2)c1. The number of halogens is 2. The maximum absolute atomic E-state index is 12.9. The van der Waals surface area contributed by atoms with Crippen LogP contribution in [0.4, 0.5) is 4.39 Å². The van der Waals surface area contributed by atoms with Crippen LogP contribution in [0.1, 0.15) is 0 Å². The summed E-state index contributed by atoms with van der Waals surface area (Å²) < 4.78 is 15.8. The molecule has 0 amide bonds. The Morgan fingerprint density at radius 3 is 2.71 bits per heavy atom. The van der Waals surface area contributed by atoms with Gasteiger partial charge in [0.05, 0.1) is 0 Å². The van der Waals surface area contributed by atoms with E-state index >= 15 is 0 Å². The molecular weight excluding hydrogens is 292 g/mol. The van der Waals surface area contributed by atoms with Crippen molar-refractivity contribution in [1.29, 1.82) is 0 Å². The Morgan fingerprint density at radius 2 is 2.00 bits per heavy atom. The normalized spacial score (nSPS) is 10.1. The molecule has 1 aromatic heterocycles. The van der Waals surface area contributed by atoms with E-state index in [9.17, 15) is 4.39 Å². The van der Waals surface area contributed by atoms with Crippen molar-refractivity contribution in [2.75, 3.05) is 0 Å². The summed E-state index contributed by atoms with van der Waals surface area (Å²) in [5, 5.41) is 0. The summed E-state index contributed by atoms with van der Waals surface area (Å²) in [7, 11) is 0. The molecule has 0 atom stereocenters. The number of hydrogen-bond acceptors (Lipinski definition) is 0. The molecule has 3 heteroatoms. The molecule has 0 bridgehead atoms. The van der Waals surface area contributed by atoms with Gasteiger partial charge in [0, 0.05) is 21.8 Å². The molecule has 70 valence electrons. The highest BCUT2D eigenvalue weighted by Gasteiger charge is 2.06. The van der Waals surface area contributed by atoms with E-state index in [1.807, 2.05) is 30.5 Å². The smallest absolute Gasteiger partial charge is 0.200 e. The van der Waals surface area contributed by atoms with Gasteiger partial charge in [-0.25, -0.2) is 4.39 Å². The fourth-order valence-electron chi connectivity index (χ4n) is 1.24. The van der Waals surface area contributed by atoms with Crippen molar-refractivity contribution >= 4 is 22.6 Å². The standard InChI is InChI=1S/C11H8FIN/c12-9-3-2-6-14(8-9)11-5-1-4-10(13)7-11/h1-8H/q+1. The van der Waals surface area contributed by atoms with Crippen LogP contribution >= 0.6 is 22.6 Å². The van der Waals surface area contributed by atoms with Gasteiger partial charge in [-0.2, -0.15) is 4.57 Å². The predicted octanol–water partition coefficient (Wildman–Crippen LogP) is 2.71. The number of benzene rings is 1. The number of pyridine rings is 1. The van der Waals surface area contributed by atoms with Crippen LogP contribution in [0.3, 0.4) is 0 Å². The minimum absolute atomic E-state index is 0.230. The third-order valence-electron chi connectivity index (χ3n) is 1.87. The van der Waals surface area contributed by atoms with Crippen molar-refractivity contribution in [3.63, 3.8) is 0 Å². The first-order valence-corrected chi connectivity index (χ1v) is 5.26. The predicted molar refractivity (Wildman–Crippen MR) is 60.6 cm³/mol. The van der Waals surface area contributed by atoms with Gasteiger partial charge < -0.3 is 0 Å². The van der Waals surface area contributed by atoms with E-state index in [1.165, 1.54) is 12.3 Å². The van der Waals surface area contributed by atoms with Crippen molar-refractivity contribution in [2.45, 2.75) is 0 Å². The summed E-state index contributed by atoms with van der Waals surface area (Å²) in [6, 6.07) is 11.0. The van der Waals surface area contributed by atoms with E-state index in [4.69, 9.17) is 0 Å². The van der Waals surface area contributed by atoms with Gasteiger partial charge in [0.15, 0.2) is 12.0 Å². The number of hydrogen-bond donors (Lipinski definition) is 0. The molecule has 1 heterocycles. The largest absolute Gasteiger partial charge is 0.211 e. The third kappa shape index (κ3) is 2.09. The zero-order valence-electron chi connectivity index (χ0n) is 7.32. The van der Waals surface area contributed by atoms with Gasteiger partial charge >= 0.3 is 0 Å². The van der Waals surface area contributed by atoms with Crippen LogP contribution < -0.4 is 4.57 Å². The molecule has 0 aliphatic heterocycles. The molecule has 2 rings (SSSR count). The Bertz CT molecular complexity index is 413. The first-order valence-electron chi connectivity index (χ1n) is 4.18. The number of nitrogens with zero attached hydrogens (tertiary/aromatic N) is 1. The van der Waals surface area contributed by atoms with Crippen molar-refractivity contribution < 1.29 is 8.96 Å². The molecule has 1 aromatic carbocycles. The molecule has 0 saturated carbocycles. The maximum Gasteiger partial charge on any atom is 0.211 e. The molecule has 0 radical (unpaired) electrons. The minimum Gasteiger partial charge on any atom is -0.200 e. The molecule has 0 spiro atoms. The Labute approximate surface area is 95.3 Å². The van der Waals surface area contributed by atoms with E-state index in [1.54, 1.807) is 10.6 Å². The molecule has 1 nitrogen and oxygen atoms in total. The fraction of sp³-hybridized carbons (Fsp3) is 0. The first-order chi connectivity index (χ1) is 6.75. The van der Waals surface area contributed by atoms with Crippen LogP contribution in [0.25, 0.3) is 5.69 Å². The van der Waals surface area contributed by atoms with E-state index in [0.29, 0.717) is 0 Å². The summed E-state index contributed by atoms with van der Waals surface area (Å²) in [4.78, 5) is 0. The highest BCUT2D eigenvalue weighted by molar-refractivity contribution is 14.1. The second kappa shape index (κ2) is 4.04. The van der Waals surface area contributed by atoms with Crippen LogP contribution in [0.5, 0.6) is 0 Å². The van der Waals surface area contributed by atoms with Gasteiger partial charge in [0.1, 0.15) is 0 Å². The molecular formula is C11H8FIN+. The van der Waals surface area contributed by atoms with Crippen molar-refractivity contribution in [2.24, 2.45) is 0 Å². The lowest BCUT2D eigenvalue weighted by Crippen LogP contribution is -2.29. The minimum atomic E-state index is -0.230. The van der Waals surface area contributed by atoms with E-state index in [-0.39, 0.29) is 5.82 Å². The number of rotatable bonds is 1. The lowest BCUT2D eigenvalue weighted by atomic mass is 10.3. The lowest BCUT2D eigenvalue weighted by molar-refractivity contribution is -0.597. The Morgan fingerprint density at radius 1 is 1.14 bits per heavy atom. The molecule has 0 unspecified atom stereocenters. The molecule has 0 aliphatic rings. The molecule has 14 heavy (non-hydrogen) atoms. The molecule has 0 fully saturated rings. The molecule has 0 N–H and O–H groups in total. The Balaban J connectivity index is 2.49. The van der Waals surface area contributed by atoms with Crippen LogP contribution in [0.2, 0.25) is 0 Å². The fourth-order valence-corrected chi connectivity index (χ4v) is 1.77. The third-order valence-corrected chi connectivity index (χ3v) is 2.54. The zero-order valence-corrected chi connectivity index (χ0v) is 9.48. The Kier molecular flexibility index (Phi) is 2.77. The topological polar surface area (TPSA) is 3.88 Å². The average molecular weight is 300 g/mol. The second-order valence-electron chi connectivity index (χ2n) is 2.91. The first kappa shape index (κ1) is 9.58. The summed E-state index contributed by atoms with van der Waals surface area (Å²) in [5.41, 5.74) is 0.969. The molecule has 0 aliphatic carbocycles. The van der Waals surface area contributed by atoms with Gasteiger partial charge in [-0.15, -0.1) is 0 Å². The molecule has 0 saturated heterocycles. The highest BCUT2D eigenvalue weighted by atomic mass is 127. The lowest BCUT2D eigenvalue weighted by Gasteiger charge is -1.95. The van der Waals surface area contributed by atoms with Crippen LogP contribution in [0.15, 0.2) is 48.8 Å². The summed E-state index contributed by atoms with van der Waals surface area (Å²) in [6.45, 7) is 0. The Hall–Kier alpha value is -0.970. The second-order valence-corrected chi connectivity index (χ2v) is 4.15. The zero-order chi connectivity index (χ0) is 9.97. The van der Waals surface area contributed by atoms with Crippen molar-refractivity contribution in [3.05, 3.63) is 58.2 Å². The maximum atomic E-state index is 12.9. The van der Waals surface area contributed by atoms with Gasteiger partial charge in [0.2, 0.25) is 11.9 Å². The van der Waals surface area contributed by atoms with Gasteiger partial charge in [-0.05, 0) is 34.7 Å². The summed E-state index contributed by atoms with van der Waals surface area (Å²) in [5.74, 6) is -0.230. The van der Waals surface area contributed by atoms with E-state index < -0.39 is 0 Å². The van der Waals surface area contributed by atoms with Crippen LogP contribution in [-0.4, -0.2) is 0 Å². The highest BCUT2D eigenvalue weighted by Crippen LogP contribution is 2.07. The summed E-state index contributed by atoms with van der Waals surface area (Å²) in [6.07, 6.45) is 3.29. The monoisotopic (exact) mass is 300 g/mol. The van der Waals surface area contributed by atoms with Crippen LogP contribution in [0, 0.1) is 9.39 Å². The van der Waals surface area contributed by atoms with Gasteiger partial charge in [-0.3, -0.25) is 0 Å². The van der Waals surface area contributed by atoms with Crippen molar-refractivity contribution in [3.8, 4) is 5.69 Å². The van der Waals surface area contributed by atoms with Gasteiger partial charge in [-0.1, -0.05) is 6.07 Å².